The summed E-state index contributed by atoms with van der Waals surface area (Å²) in [6.45, 7) is 3.79. The van der Waals surface area contributed by atoms with Gasteiger partial charge in [0.15, 0.2) is 0 Å². The highest BCUT2D eigenvalue weighted by atomic mass is 16.5. The molecule has 3 rings (SSSR count). The molecule has 0 saturated carbocycles. The molecule has 7 heteroatoms. The van der Waals surface area contributed by atoms with E-state index in [-0.39, 0.29) is 0 Å². The van der Waals surface area contributed by atoms with Crippen LogP contribution < -0.4 is 15.5 Å². The van der Waals surface area contributed by atoms with E-state index in [9.17, 15) is 14.4 Å². The molecule has 0 radical (unpaired) electrons. The summed E-state index contributed by atoms with van der Waals surface area (Å²) in [5, 5.41) is 6.34. The Morgan fingerprint density at radius 2 is 1.65 bits per heavy atom. The number of carbonyl (C=O) groups excluding carboxylic acids is 3. The molecule has 0 saturated heterocycles. The van der Waals surface area contributed by atoms with E-state index in [0.717, 1.165) is 11.1 Å². The molecule has 0 aromatic heterocycles. The van der Waals surface area contributed by atoms with Crippen molar-refractivity contribution < 1.29 is 19.1 Å². The minimum Gasteiger partial charge on any atom is -0.423 e. The number of benzene rings is 3. The lowest BCUT2D eigenvalue weighted by atomic mass is 10.1. The molecule has 3 aromatic rings. The van der Waals surface area contributed by atoms with E-state index in [1.807, 2.05) is 32.0 Å². The van der Waals surface area contributed by atoms with Gasteiger partial charge in [-0.2, -0.15) is 5.10 Å². The van der Waals surface area contributed by atoms with Crippen LogP contribution >= 0.6 is 0 Å². The summed E-state index contributed by atoms with van der Waals surface area (Å²) >= 11 is 0. The minimum absolute atomic E-state index is 0.330. The zero-order chi connectivity index (χ0) is 22.2. The summed E-state index contributed by atoms with van der Waals surface area (Å²) in [6, 6.07) is 20.7. The second kappa shape index (κ2) is 9.98. The number of amides is 2. The zero-order valence-electron chi connectivity index (χ0n) is 17.1. The second-order valence-corrected chi connectivity index (χ2v) is 6.80. The van der Waals surface area contributed by atoms with Crippen molar-refractivity contribution in [2.24, 2.45) is 5.10 Å². The van der Waals surface area contributed by atoms with Crippen LogP contribution in [0, 0.1) is 13.8 Å². The molecule has 0 heterocycles. The summed E-state index contributed by atoms with van der Waals surface area (Å²) in [5.41, 5.74) is 5.66. The highest BCUT2D eigenvalue weighted by Crippen LogP contribution is 2.16. The highest BCUT2D eigenvalue weighted by molar-refractivity contribution is 6.39. The van der Waals surface area contributed by atoms with Crippen LogP contribution in [0.1, 0.15) is 27.0 Å². The number of nitrogens with one attached hydrogen (secondary N) is 2. The van der Waals surface area contributed by atoms with E-state index < -0.39 is 17.8 Å². The standard InChI is InChI=1S/C24H21N3O4/c1-16-11-12-21(17(2)13-16)26-22(28)23(29)27-25-15-18-7-6-10-20(14-18)31-24(30)19-8-4-3-5-9-19/h3-15H,1-2H3,(H,26,28)(H,27,29). The second-order valence-electron chi connectivity index (χ2n) is 6.80. The Morgan fingerprint density at radius 3 is 2.39 bits per heavy atom. The first-order valence-corrected chi connectivity index (χ1v) is 9.51. The molecule has 0 aliphatic carbocycles. The molecule has 0 unspecified atom stereocenters. The number of aryl methyl sites for hydroxylation is 2. The van der Waals surface area contributed by atoms with Crippen molar-refractivity contribution in [3.63, 3.8) is 0 Å². The van der Waals surface area contributed by atoms with Crippen LogP contribution in [-0.2, 0) is 9.59 Å². The van der Waals surface area contributed by atoms with E-state index in [0.29, 0.717) is 22.6 Å². The van der Waals surface area contributed by atoms with Crippen molar-refractivity contribution in [1.82, 2.24) is 5.43 Å². The Hall–Kier alpha value is -4.26. The highest BCUT2D eigenvalue weighted by Gasteiger charge is 2.14. The van der Waals surface area contributed by atoms with Crippen LogP contribution in [0.25, 0.3) is 0 Å². The van der Waals surface area contributed by atoms with E-state index in [1.165, 1.54) is 6.21 Å². The fourth-order valence-corrected chi connectivity index (χ4v) is 2.75. The number of nitrogens with zero attached hydrogens (tertiary/aromatic N) is 1. The van der Waals surface area contributed by atoms with Crippen LogP contribution in [0.5, 0.6) is 5.75 Å². The first-order valence-electron chi connectivity index (χ1n) is 9.51. The van der Waals surface area contributed by atoms with Crippen molar-refractivity contribution in [2.75, 3.05) is 5.32 Å². The van der Waals surface area contributed by atoms with Crippen LogP contribution in [0.4, 0.5) is 5.69 Å². The number of anilines is 1. The first-order chi connectivity index (χ1) is 14.9. The van der Waals surface area contributed by atoms with E-state index in [1.54, 1.807) is 54.6 Å². The van der Waals surface area contributed by atoms with E-state index >= 15 is 0 Å². The van der Waals surface area contributed by atoms with Gasteiger partial charge in [0.2, 0.25) is 0 Å². The summed E-state index contributed by atoms with van der Waals surface area (Å²) < 4.78 is 5.34. The Balaban J connectivity index is 1.56. The maximum atomic E-state index is 12.1. The zero-order valence-corrected chi connectivity index (χ0v) is 17.1. The lowest BCUT2D eigenvalue weighted by Gasteiger charge is -2.08. The Bertz CT molecular complexity index is 1140. The van der Waals surface area contributed by atoms with Crippen LogP contribution in [-0.4, -0.2) is 24.0 Å². The van der Waals surface area contributed by atoms with Gasteiger partial charge in [0, 0.05) is 5.69 Å². The number of carbonyl (C=O) groups is 3. The van der Waals surface area contributed by atoms with Crippen LogP contribution in [0.2, 0.25) is 0 Å². The third-order valence-corrected chi connectivity index (χ3v) is 4.29. The smallest absolute Gasteiger partial charge is 0.343 e. The monoisotopic (exact) mass is 415 g/mol. The quantitative estimate of drug-likeness (QED) is 0.219. The molecular weight excluding hydrogens is 394 g/mol. The Labute approximate surface area is 179 Å². The third kappa shape index (κ3) is 6.11. The van der Waals surface area contributed by atoms with Crippen molar-refractivity contribution in [3.8, 4) is 5.75 Å². The summed E-state index contributed by atoms with van der Waals surface area (Å²) in [7, 11) is 0. The fraction of sp³-hybridized carbons (Fsp3) is 0.0833. The lowest BCUT2D eigenvalue weighted by Crippen LogP contribution is -2.32. The average Bonchev–Trinajstić information content (AvgIpc) is 2.76. The SMILES string of the molecule is Cc1ccc(NC(=O)C(=O)NN=Cc2cccc(OC(=O)c3ccccc3)c2)c(C)c1. The largest absolute Gasteiger partial charge is 0.423 e. The normalized spacial score (nSPS) is 10.5. The fourth-order valence-electron chi connectivity index (χ4n) is 2.75. The van der Waals surface area contributed by atoms with Gasteiger partial charge in [0.1, 0.15) is 5.75 Å². The molecule has 0 aliphatic rings. The molecule has 2 N–H and O–H groups in total. The van der Waals surface area contributed by atoms with Gasteiger partial charge in [-0.1, -0.05) is 48.0 Å². The van der Waals surface area contributed by atoms with Gasteiger partial charge in [-0.25, -0.2) is 10.2 Å². The number of hydrazone groups is 1. The van der Waals surface area contributed by atoms with Gasteiger partial charge in [0.25, 0.3) is 0 Å². The van der Waals surface area contributed by atoms with Gasteiger partial charge in [-0.15, -0.1) is 0 Å². The summed E-state index contributed by atoms with van der Waals surface area (Å²) in [5.74, 6) is -1.87. The summed E-state index contributed by atoms with van der Waals surface area (Å²) in [4.78, 5) is 36.2. The maximum absolute atomic E-state index is 12.1. The van der Waals surface area contributed by atoms with Crippen LogP contribution in [0.3, 0.4) is 0 Å². The average molecular weight is 415 g/mol. The molecule has 0 aliphatic heterocycles. The molecule has 0 fully saturated rings. The number of rotatable bonds is 5. The van der Waals surface area contributed by atoms with E-state index in [2.05, 4.69) is 15.8 Å². The summed E-state index contributed by atoms with van der Waals surface area (Å²) in [6.07, 6.45) is 1.35. The lowest BCUT2D eigenvalue weighted by molar-refractivity contribution is -0.136. The number of esters is 1. The van der Waals surface area contributed by atoms with Crippen molar-refractivity contribution >= 4 is 29.7 Å². The molecule has 31 heavy (non-hydrogen) atoms. The van der Waals surface area contributed by atoms with E-state index in [4.69, 9.17) is 4.74 Å². The molecule has 0 spiro atoms. The van der Waals surface area contributed by atoms with Gasteiger partial charge in [-0.3, -0.25) is 9.59 Å². The first kappa shape index (κ1) is 21.4. The van der Waals surface area contributed by atoms with Crippen molar-refractivity contribution in [2.45, 2.75) is 13.8 Å². The van der Waals surface area contributed by atoms with Gasteiger partial charge >= 0.3 is 17.8 Å². The Morgan fingerprint density at radius 1 is 0.871 bits per heavy atom. The van der Waals surface area contributed by atoms with Gasteiger partial charge in [-0.05, 0) is 55.3 Å². The molecule has 2 amide bonds. The topological polar surface area (TPSA) is 96.9 Å². The van der Waals surface area contributed by atoms with Gasteiger partial charge in [0.05, 0.1) is 11.8 Å². The van der Waals surface area contributed by atoms with Crippen molar-refractivity contribution in [1.29, 1.82) is 0 Å². The molecule has 3 aromatic carbocycles. The third-order valence-electron chi connectivity index (χ3n) is 4.29. The van der Waals surface area contributed by atoms with Gasteiger partial charge < -0.3 is 10.1 Å². The molecule has 0 atom stereocenters. The van der Waals surface area contributed by atoms with Crippen LogP contribution in [0.15, 0.2) is 77.9 Å². The number of hydrogen-bond donors (Lipinski definition) is 2. The molecular formula is C24H21N3O4. The predicted molar refractivity (Wildman–Crippen MR) is 118 cm³/mol. The Kier molecular flexibility index (Phi) is 6.90. The molecule has 7 nitrogen and oxygen atoms in total. The predicted octanol–water partition coefficient (Wildman–Crippen LogP) is 3.61. The minimum atomic E-state index is -0.900. The molecule has 156 valence electrons. The number of ether oxygens (including phenoxy) is 1. The number of hydrogen-bond acceptors (Lipinski definition) is 5. The molecule has 0 bridgehead atoms. The maximum Gasteiger partial charge on any atom is 0.343 e. The van der Waals surface area contributed by atoms with Crippen molar-refractivity contribution in [3.05, 3.63) is 95.1 Å².